The van der Waals surface area contributed by atoms with Crippen molar-refractivity contribution in [2.24, 2.45) is 5.92 Å². The Morgan fingerprint density at radius 2 is 1.76 bits per heavy atom. The van der Waals surface area contributed by atoms with Crippen molar-refractivity contribution in [3.63, 3.8) is 0 Å². The Balaban J connectivity index is 1.97. The highest BCUT2D eigenvalue weighted by Crippen LogP contribution is 2.20. The highest BCUT2D eigenvalue weighted by atomic mass is 16.5. The number of carbonyl (C=O) groups excluding carboxylic acids is 5. The number of aliphatic hydroxyl groups excluding tert-OH is 1. The van der Waals surface area contributed by atoms with E-state index in [0.717, 1.165) is 12.7 Å². The Morgan fingerprint density at radius 1 is 1.08 bits per heavy atom. The molecule has 12 heteroatoms. The first-order chi connectivity index (χ1) is 18.0. The molecule has 0 aromatic heterocycles. The van der Waals surface area contributed by atoms with Crippen LogP contribution in [0.3, 0.4) is 0 Å². The number of ether oxygens (including phenoxy) is 2. The van der Waals surface area contributed by atoms with Crippen LogP contribution in [0.25, 0.3) is 0 Å². The molecule has 0 saturated carbocycles. The molecular formula is C26H38N4O8. The molecule has 1 aromatic carbocycles. The van der Waals surface area contributed by atoms with Gasteiger partial charge in [0.15, 0.2) is 6.04 Å². The molecule has 12 nitrogen and oxygen atoms in total. The lowest BCUT2D eigenvalue weighted by atomic mass is 10.0. The predicted molar refractivity (Wildman–Crippen MR) is 136 cm³/mol. The lowest BCUT2D eigenvalue weighted by Crippen LogP contribution is -2.55. The van der Waals surface area contributed by atoms with Gasteiger partial charge in [0.2, 0.25) is 17.7 Å². The smallest absolute Gasteiger partial charge is 0.408 e. The molecule has 4 N–H and O–H groups in total. The SMILES string of the molecule is COC(=O)[C@@H](NC(=O)CNC(=O)[C@@H]1CCCN1C(=O)[C@H](CC(C)C)NC(=O)OCc1ccccc1)[C@H](C)O. The van der Waals surface area contributed by atoms with E-state index in [0.29, 0.717) is 25.8 Å². The first-order valence-corrected chi connectivity index (χ1v) is 12.6. The van der Waals surface area contributed by atoms with Crippen molar-refractivity contribution < 1.29 is 38.6 Å². The molecule has 1 aromatic rings. The first-order valence-electron chi connectivity index (χ1n) is 12.6. The molecule has 4 atom stereocenters. The van der Waals surface area contributed by atoms with E-state index in [2.05, 4.69) is 20.7 Å². The van der Waals surface area contributed by atoms with Crippen molar-refractivity contribution in [3.8, 4) is 0 Å². The van der Waals surface area contributed by atoms with Gasteiger partial charge in [0, 0.05) is 6.54 Å². The summed E-state index contributed by atoms with van der Waals surface area (Å²) in [6.07, 6.45) is -0.613. The highest BCUT2D eigenvalue weighted by Gasteiger charge is 2.38. The molecule has 2 rings (SSSR count). The summed E-state index contributed by atoms with van der Waals surface area (Å²) >= 11 is 0. The third-order valence-corrected chi connectivity index (χ3v) is 6.03. The molecule has 1 aliphatic heterocycles. The minimum Gasteiger partial charge on any atom is -0.467 e. The fourth-order valence-electron chi connectivity index (χ4n) is 4.12. The molecule has 0 bridgehead atoms. The fourth-order valence-corrected chi connectivity index (χ4v) is 4.12. The van der Waals surface area contributed by atoms with Crippen LogP contribution in [-0.4, -0.2) is 84.2 Å². The number of alkyl carbamates (subject to hydrolysis) is 1. The van der Waals surface area contributed by atoms with Gasteiger partial charge in [0.1, 0.15) is 18.7 Å². The summed E-state index contributed by atoms with van der Waals surface area (Å²) in [5, 5.41) is 17.1. The minimum absolute atomic E-state index is 0.0535. The number of rotatable bonds is 12. The summed E-state index contributed by atoms with van der Waals surface area (Å²) in [6, 6.07) is 6.16. The average Bonchev–Trinajstić information content (AvgIpc) is 3.38. The Hall–Kier alpha value is -3.67. The summed E-state index contributed by atoms with van der Waals surface area (Å²) in [4.78, 5) is 64.1. The summed E-state index contributed by atoms with van der Waals surface area (Å²) < 4.78 is 9.82. The van der Waals surface area contributed by atoms with Gasteiger partial charge < -0.3 is 35.4 Å². The lowest BCUT2D eigenvalue weighted by Gasteiger charge is -2.29. The summed E-state index contributed by atoms with van der Waals surface area (Å²) in [5.74, 6) is -2.39. The van der Waals surface area contributed by atoms with Crippen molar-refractivity contribution >= 4 is 29.8 Å². The van der Waals surface area contributed by atoms with E-state index >= 15 is 0 Å². The molecule has 4 amide bonds. The maximum Gasteiger partial charge on any atom is 0.408 e. The van der Waals surface area contributed by atoms with Crippen LogP contribution in [0.4, 0.5) is 4.79 Å². The zero-order valence-corrected chi connectivity index (χ0v) is 22.3. The van der Waals surface area contributed by atoms with E-state index < -0.39 is 60.6 Å². The fraction of sp³-hybridized carbons (Fsp3) is 0.577. The predicted octanol–water partition coefficient (Wildman–Crippen LogP) is 0.473. The third-order valence-electron chi connectivity index (χ3n) is 6.03. The Bertz CT molecular complexity index is 969. The van der Waals surface area contributed by atoms with Crippen LogP contribution in [0, 0.1) is 5.92 Å². The van der Waals surface area contributed by atoms with Crippen LogP contribution in [-0.2, 0) is 35.3 Å². The monoisotopic (exact) mass is 534 g/mol. The van der Waals surface area contributed by atoms with Gasteiger partial charge in [-0.3, -0.25) is 14.4 Å². The number of likely N-dealkylation sites (tertiary alicyclic amines) is 1. The Morgan fingerprint density at radius 3 is 2.37 bits per heavy atom. The number of hydrogen-bond donors (Lipinski definition) is 4. The van der Waals surface area contributed by atoms with E-state index in [9.17, 15) is 29.1 Å². The number of aliphatic hydroxyl groups is 1. The van der Waals surface area contributed by atoms with Gasteiger partial charge in [0.05, 0.1) is 19.8 Å². The summed E-state index contributed by atoms with van der Waals surface area (Å²) in [5.41, 5.74) is 0.807. The normalized spacial score (nSPS) is 17.2. The van der Waals surface area contributed by atoms with Crippen LogP contribution >= 0.6 is 0 Å². The van der Waals surface area contributed by atoms with Crippen molar-refractivity contribution in [3.05, 3.63) is 35.9 Å². The van der Waals surface area contributed by atoms with E-state index in [1.165, 1.54) is 11.8 Å². The Kier molecular flexibility index (Phi) is 12.0. The van der Waals surface area contributed by atoms with Gasteiger partial charge in [-0.2, -0.15) is 0 Å². The molecule has 0 aliphatic carbocycles. The maximum absolute atomic E-state index is 13.4. The van der Waals surface area contributed by atoms with Gasteiger partial charge in [-0.1, -0.05) is 44.2 Å². The maximum atomic E-state index is 13.4. The molecule has 38 heavy (non-hydrogen) atoms. The molecular weight excluding hydrogens is 496 g/mol. The first kappa shape index (κ1) is 30.6. The topological polar surface area (TPSA) is 163 Å². The van der Waals surface area contributed by atoms with Crippen LogP contribution < -0.4 is 16.0 Å². The van der Waals surface area contributed by atoms with Gasteiger partial charge >= 0.3 is 12.1 Å². The minimum atomic E-state index is -1.28. The number of nitrogens with zero attached hydrogens (tertiary/aromatic N) is 1. The van der Waals surface area contributed by atoms with E-state index in [1.54, 1.807) is 0 Å². The van der Waals surface area contributed by atoms with Crippen molar-refractivity contribution in [2.75, 3.05) is 20.2 Å². The van der Waals surface area contributed by atoms with Gasteiger partial charge in [-0.05, 0) is 37.7 Å². The number of carbonyl (C=O) groups is 5. The van der Waals surface area contributed by atoms with Gasteiger partial charge in [-0.15, -0.1) is 0 Å². The summed E-state index contributed by atoms with van der Waals surface area (Å²) in [7, 11) is 1.13. The lowest BCUT2D eigenvalue weighted by molar-refractivity contribution is -0.148. The van der Waals surface area contributed by atoms with Crippen LogP contribution in [0.15, 0.2) is 30.3 Å². The third kappa shape index (κ3) is 9.33. The number of hydrogen-bond acceptors (Lipinski definition) is 8. The molecule has 0 spiro atoms. The summed E-state index contributed by atoms with van der Waals surface area (Å²) in [6.45, 7) is 5.07. The van der Waals surface area contributed by atoms with Crippen molar-refractivity contribution in [1.29, 1.82) is 0 Å². The molecule has 1 saturated heterocycles. The largest absolute Gasteiger partial charge is 0.467 e. The molecule has 1 fully saturated rings. The Labute approximate surface area is 222 Å². The number of nitrogens with one attached hydrogen (secondary N) is 3. The van der Waals surface area contributed by atoms with E-state index in [1.807, 2.05) is 44.2 Å². The van der Waals surface area contributed by atoms with Crippen molar-refractivity contribution in [2.45, 2.75) is 70.9 Å². The number of methoxy groups -OCH3 is 1. The number of amides is 4. The second kappa shape index (κ2) is 14.9. The molecule has 1 aliphatic rings. The van der Waals surface area contributed by atoms with Gasteiger partial charge in [0.25, 0.3) is 0 Å². The molecule has 1 heterocycles. The zero-order valence-electron chi connectivity index (χ0n) is 22.3. The molecule has 0 unspecified atom stereocenters. The van der Waals surface area contributed by atoms with Crippen molar-refractivity contribution in [1.82, 2.24) is 20.9 Å². The average molecular weight is 535 g/mol. The van der Waals surface area contributed by atoms with Gasteiger partial charge in [-0.25, -0.2) is 9.59 Å². The van der Waals surface area contributed by atoms with E-state index in [-0.39, 0.29) is 12.5 Å². The second-order valence-electron chi connectivity index (χ2n) is 9.60. The van der Waals surface area contributed by atoms with E-state index in [4.69, 9.17) is 4.74 Å². The molecule has 0 radical (unpaired) electrons. The number of benzene rings is 1. The van der Waals surface area contributed by atoms with Crippen LogP contribution in [0.1, 0.15) is 45.6 Å². The number of esters is 1. The second-order valence-corrected chi connectivity index (χ2v) is 9.60. The standard InChI is InChI=1S/C26H38N4O8/c1-16(2)13-19(28-26(36)38-15-18-9-6-5-7-10-18)24(34)30-12-8-11-20(30)23(33)27-14-21(32)29-22(17(3)31)25(35)37-4/h5-7,9-10,16-17,19-20,22,31H,8,11-15H2,1-4H3,(H,27,33)(H,28,36)(H,29,32)/t17-,19-,20-,22-/m0/s1. The molecule has 210 valence electrons. The zero-order chi connectivity index (χ0) is 28.2. The highest BCUT2D eigenvalue weighted by molar-refractivity contribution is 5.94. The quantitative estimate of drug-likeness (QED) is 0.281. The van der Waals surface area contributed by atoms with Crippen LogP contribution in [0.2, 0.25) is 0 Å². The van der Waals surface area contributed by atoms with Crippen LogP contribution in [0.5, 0.6) is 0 Å².